The van der Waals surface area contributed by atoms with Gasteiger partial charge in [-0.25, -0.2) is 0 Å². The molecular weight excluding hydrogens is 236 g/mol. The molecule has 1 aromatic heterocycles. The van der Waals surface area contributed by atoms with Gasteiger partial charge in [-0.2, -0.15) is 0 Å². The van der Waals surface area contributed by atoms with E-state index in [4.69, 9.17) is 0 Å². The predicted molar refractivity (Wildman–Crippen MR) is 56.9 cm³/mol. The molecule has 0 saturated heterocycles. The minimum atomic E-state index is 1.03. The van der Waals surface area contributed by atoms with Crippen LogP contribution in [0.25, 0.3) is 0 Å². The third kappa shape index (κ3) is 3.21. The molecular formula is C8H13BrN2S. The van der Waals surface area contributed by atoms with Crippen LogP contribution in [0.4, 0.5) is 0 Å². The Morgan fingerprint density at radius 2 is 2.50 bits per heavy atom. The van der Waals surface area contributed by atoms with Gasteiger partial charge in [-0.3, -0.25) is 9.88 Å². The van der Waals surface area contributed by atoms with Crippen molar-refractivity contribution in [3.8, 4) is 0 Å². The number of nitrogens with zero attached hydrogens (tertiary/aromatic N) is 2. The van der Waals surface area contributed by atoms with Crippen LogP contribution in [0.2, 0.25) is 0 Å². The first-order valence-electron chi connectivity index (χ1n) is 4.02. The third-order valence-electron chi connectivity index (χ3n) is 1.71. The van der Waals surface area contributed by atoms with E-state index in [1.807, 2.05) is 11.7 Å². The summed E-state index contributed by atoms with van der Waals surface area (Å²) < 4.78 is 0. The van der Waals surface area contributed by atoms with Crippen molar-refractivity contribution in [1.82, 2.24) is 9.88 Å². The van der Waals surface area contributed by atoms with Gasteiger partial charge in [0.2, 0.25) is 0 Å². The lowest BCUT2D eigenvalue weighted by molar-refractivity contribution is 0.301. The second-order valence-electron chi connectivity index (χ2n) is 2.53. The van der Waals surface area contributed by atoms with Gasteiger partial charge in [0.25, 0.3) is 0 Å². The second-order valence-corrected chi connectivity index (χ2v) is 4.29. The van der Waals surface area contributed by atoms with Crippen LogP contribution in [0.3, 0.4) is 0 Å². The summed E-state index contributed by atoms with van der Waals surface area (Å²) in [6, 6.07) is 0. The van der Waals surface area contributed by atoms with Gasteiger partial charge in [0.15, 0.2) is 0 Å². The number of hydrogen-bond donors (Lipinski definition) is 0. The molecule has 0 aliphatic rings. The van der Waals surface area contributed by atoms with Crippen LogP contribution in [-0.2, 0) is 6.54 Å². The molecule has 0 radical (unpaired) electrons. The fraction of sp³-hybridized carbons (Fsp3) is 0.625. The molecule has 0 bridgehead atoms. The van der Waals surface area contributed by atoms with Crippen LogP contribution < -0.4 is 0 Å². The van der Waals surface area contributed by atoms with Crippen molar-refractivity contribution in [2.75, 3.05) is 18.4 Å². The highest BCUT2D eigenvalue weighted by Gasteiger charge is 2.02. The van der Waals surface area contributed by atoms with Gasteiger partial charge in [0.05, 0.1) is 5.51 Å². The molecule has 0 aliphatic carbocycles. The lowest BCUT2D eigenvalue weighted by Crippen LogP contribution is -2.24. The third-order valence-corrected chi connectivity index (χ3v) is 2.83. The second kappa shape index (κ2) is 5.67. The summed E-state index contributed by atoms with van der Waals surface area (Å²) in [4.78, 5) is 7.79. The smallest absolute Gasteiger partial charge is 0.0794 e. The number of thiazole rings is 1. The van der Waals surface area contributed by atoms with Crippen LogP contribution >= 0.6 is 27.3 Å². The lowest BCUT2D eigenvalue weighted by Gasteiger charge is -2.17. The summed E-state index contributed by atoms with van der Waals surface area (Å²) in [5.41, 5.74) is 1.89. The number of aromatic nitrogens is 1. The Morgan fingerprint density at radius 3 is 3.00 bits per heavy atom. The van der Waals surface area contributed by atoms with Gasteiger partial charge in [-0.05, 0) is 6.54 Å². The highest BCUT2D eigenvalue weighted by Crippen LogP contribution is 2.09. The molecule has 0 N–H and O–H groups in total. The highest BCUT2D eigenvalue weighted by molar-refractivity contribution is 9.09. The molecule has 1 rings (SSSR count). The van der Waals surface area contributed by atoms with E-state index in [0.29, 0.717) is 0 Å². The topological polar surface area (TPSA) is 16.1 Å². The number of alkyl halides is 1. The molecule has 12 heavy (non-hydrogen) atoms. The van der Waals surface area contributed by atoms with Gasteiger partial charge in [0.1, 0.15) is 0 Å². The zero-order valence-electron chi connectivity index (χ0n) is 7.16. The van der Waals surface area contributed by atoms with Crippen LogP contribution in [-0.4, -0.2) is 28.3 Å². The van der Waals surface area contributed by atoms with Gasteiger partial charge in [-0.1, -0.05) is 22.9 Å². The fourth-order valence-electron chi connectivity index (χ4n) is 1.01. The van der Waals surface area contributed by atoms with Gasteiger partial charge >= 0.3 is 0 Å². The Bertz CT molecular complexity index is 201. The van der Waals surface area contributed by atoms with E-state index in [-0.39, 0.29) is 0 Å². The summed E-state index contributed by atoms with van der Waals surface area (Å²) in [5, 5.41) is 1.04. The summed E-state index contributed by atoms with van der Waals surface area (Å²) >= 11 is 5.17. The molecule has 0 fully saturated rings. The predicted octanol–water partition coefficient (Wildman–Crippen LogP) is 2.36. The molecule has 0 atom stereocenters. The molecule has 1 heterocycles. The minimum absolute atomic E-state index is 1.03. The maximum absolute atomic E-state index is 4.05. The summed E-state index contributed by atoms with van der Waals surface area (Å²) in [6.07, 6.45) is 1.95. The molecule has 0 unspecified atom stereocenters. The van der Waals surface area contributed by atoms with E-state index in [9.17, 15) is 0 Å². The van der Waals surface area contributed by atoms with Crippen molar-refractivity contribution < 1.29 is 0 Å². The lowest BCUT2D eigenvalue weighted by atomic mass is 10.4. The standard InChI is InChI=1S/C8H13BrN2S/c1-2-11(4-3-9)6-8-5-10-7-12-8/h5,7H,2-4,6H2,1H3. The van der Waals surface area contributed by atoms with E-state index >= 15 is 0 Å². The first-order chi connectivity index (χ1) is 5.86. The van der Waals surface area contributed by atoms with Gasteiger partial charge in [-0.15, -0.1) is 11.3 Å². The Morgan fingerprint density at radius 1 is 1.67 bits per heavy atom. The number of hydrogen-bond acceptors (Lipinski definition) is 3. The van der Waals surface area contributed by atoms with Crippen LogP contribution in [0.15, 0.2) is 11.7 Å². The monoisotopic (exact) mass is 248 g/mol. The van der Waals surface area contributed by atoms with Crippen molar-refractivity contribution in [2.45, 2.75) is 13.5 Å². The fourth-order valence-corrected chi connectivity index (χ4v) is 2.15. The van der Waals surface area contributed by atoms with Crippen LogP contribution in [0.5, 0.6) is 0 Å². The first-order valence-corrected chi connectivity index (χ1v) is 6.02. The van der Waals surface area contributed by atoms with Crippen molar-refractivity contribution in [2.24, 2.45) is 0 Å². The summed E-state index contributed by atoms with van der Waals surface area (Å²) in [7, 11) is 0. The molecule has 4 heteroatoms. The maximum Gasteiger partial charge on any atom is 0.0794 e. The quantitative estimate of drug-likeness (QED) is 0.745. The SMILES string of the molecule is CCN(CCBr)Cc1cncs1. The van der Waals surface area contributed by atoms with Crippen molar-refractivity contribution in [3.05, 3.63) is 16.6 Å². The highest BCUT2D eigenvalue weighted by atomic mass is 79.9. The molecule has 0 aromatic carbocycles. The normalized spacial score (nSPS) is 10.9. The average molecular weight is 249 g/mol. The molecule has 0 spiro atoms. The molecule has 2 nitrogen and oxygen atoms in total. The summed E-state index contributed by atoms with van der Waals surface area (Å²) in [5.74, 6) is 0. The molecule has 1 aromatic rings. The van der Waals surface area contributed by atoms with E-state index in [2.05, 4.69) is 32.7 Å². The Hall–Kier alpha value is 0.0700. The van der Waals surface area contributed by atoms with E-state index in [1.165, 1.54) is 4.88 Å². The van der Waals surface area contributed by atoms with Crippen LogP contribution in [0.1, 0.15) is 11.8 Å². The Kier molecular flexibility index (Phi) is 4.80. The average Bonchev–Trinajstić information content (AvgIpc) is 2.56. The molecule has 0 aliphatic heterocycles. The van der Waals surface area contributed by atoms with Gasteiger partial charge < -0.3 is 0 Å². The largest absolute Gasteiger partial charge is 0.298 e. The first kappa shape index (κ1) is 10.2. The maximum atomic E-state index is 4.05. The van der Waals surface area contributed by atoms with Crippen LogP contribution in [0, 0.1) is 0 Å². The van der Waals surface area contributed by atoms with E-state index in [1.54, 1.807) is 11.3 Å². The molecule has 68 valence electrons. The zero-order valence-corrected chi connectivity index (χ0v) is 9.57. The number of halogens is 1. The zero-order chi connectivity index (χ0) is 8.81. The molecule has 0 saturated carbocycles. The van der Waals surface area contributed by atoms with Crippen molar-refractivity contribution in [1.29, 1.82) is 0 Å². The van der Waals surface area contributed by atoms with Crippen molar-refractivity contribution >= 4 is 27.3 Å². The van der Waals surface area contributed by atoms with E-state index in [0.717, 1.165) is 25.0 Å². The summed E-state index contributed by atoms with van der Waals surface area (Å²) in [6.45, 7) is 5.42. The van der Waals surface area contributed by atoms with Crippen molar-refractivity contribution in [3.63, 3.8) is 0 Å². The number of rotatable bonds is 5. The Labute approximate surface area is 85.7 Å². The molecule has 0 amide bonds. The minimum Gasteiger partial charge on any atom is -0.298 e. The van der Waals surface area contributed by atoms with E-state index < -0.39 is 0 Å². The Balaban J connectivity index is 2.37. The van der Waals surface area contributed by atoms with Gasteiger partial charge in [0, 0.05) is 29.5 Å².